The minimum Gasteiger partial charge on any atom is -0.436 e. The van der Waals surface area contributed by atoms with Crippen LogP contribution in [0.15, 0.2) is 54.6 Å². The maximum Gasteiger partial charge on any atom is 0.411 e. The van der Waals surface area contributed by atoms with E-state index in [9.17, 15) is 18.8 Å². The van der Waals surface area contributed by atoms with E-state index in [2.05, 4.69) is 5.32 Å². The molecule has 178 valence electrons. The Bertz CT molecular complexity index is 1340. The summed E-state index contributed by atoms with van der Waals surface area (Å²) in [7, 11) is 1.51. The van der Waals surface area contributed by atoms with E-state index < -0.39 is 35.7 Å². The molecule has 0 spiro atoms. The fourth-order valence-electron chi connectivity index (χ4n) is 4.98. The number of benzene rings is 3. The van der Waals surface area contributed by atoms with Crippen molar-refractivity contribution >= 4 is 35.1 Å². The standard InChI is InChI=1S/C27H22ClFN2O4/c1-14(32)30-21-13-20(29)24(28)19-11-12-22(25(33)23(19)21)31(2)27(34)35-26-17-9-5-3-7-15(17)16-8-4-6-10-18(16)26/h3-10,13,22,26H,11-12H2,1-2H3,(H,30,32). The van der Waals surface area contributed by atoms with Crippen LogP contribution >= 0.6 is 11.6 Å². The number of likely N-dealkylation sites (N-methyl/N-ethyl adjacent to an activating group) is 1. The summed E-state index contributed by atoms with van der Waals surface area (Å²) in [6, 6.07) is 15.7. The maximum atomic E-state index is 14.3. The van der Waals surface area contributed by atoms with Crippen molar-refractivity contribution in [1.82, 2.24) is 4.90 Å². The molecular weight excluding hydrogens is 471 g/mol. The lowest BCUT2D eigenvalue weighted by Gasteiger charge is -2.32. The Morgan fingerprint density at radius 2 is 1.69 bits per heavy atom. The Morgan fingerprint density at radius 1 is 1.09 bits per heavy atom. The van der Waals surface area contributed by atoms with Gasteiger partial charge in [-0.15, -0.1) is 0 Å². The number of hydrogen-bond acceptors (Lipinski definition) is 4. The molecule has 0 saturated carbocycles. The molecule has 0 saturated heterocycles. The summed E-state index contributed by atoms with van der Waals surface area (Å²) in [4.78, 5) is 39.7. The summed E-state index contributed by atoms with van der Waals surface area (Å²) in [6.07, 6.45) is -0.737. The third-order valence-electron chi connectivity index (χ3n) is 6.60. The van der Waals surface area contributed by atoms with Crippen LogP contribution in [0.4, 0.5) is 14.9 Å². The highest BCUT2D eigenvalue weighted by Gasteiger charge is 2.39. The van der Waals surface area contributed by atoms with E-state index >= 15 is 0 Å². The van der Waals surface area contributed by atoms with Crippen LogP contribution in [0.3, 0.4) is 0 Å². The Kier molecular flexibility index (Phi) is 5.81. The number of carbonyl (C=O) groups is 3. The third-order valence-corrected chi connectivity index (χ3v) is 7.00. The predicted octanol–water partition coefficient (Wildman–Crippen LogP) is 5.77. The van der Waals surface area contributed by atoms with Crippen LogP contribution in [-0.2, 0) is 16.0 Å². The van der Waals surface area contributed by atoms with Crippen molar-refractivity contribution in [3.8, 4) is 11.1 Å². The molecule has 5 rings (SSSR count). The van der Waals surface area contributed by atoms with Gasteiger partial charge in [-0.25, -0.2) is 9.18 Å². The molecule has 3 aromatic rings. The molecule has 0 aromatic heterocycles. The first-order valence-corrected chi connectivity index (χ1v) is 11.6. The van der Waals surface area contributed by atoms with Crippen LogP contribution in [0.1, 0.15) is 46.5 Å². The van der Waals surface area contributed by atoms with Crippen LogP contribution in [0.25, 0.3) is 11.1 Å². The number of nitrogens with zero attached hydrogens (tertiary/aromatic N) is 1. The number of amides is 2. The second kappa shape index (κ2) is 8.82. The van der Waals surface area contributed by atoms with Crippen molar-refractivity contribution in [2.24, 2.45) is 0 Å². The smallest absolute Gasteiger partial charge is 0.411 e. The summed E-state index contributed by atoms with van der Waals surface area (Å²) >= 11 is 6.14. The van der Waals surface area contributed by atoms with E-state index in [0.29, 0.717) is 5.56 Å². The molecule has 35 heavy (non-hydrogen) atoms. The summed E-state index contributed by atoms with van der Waals surface area (Å²) in [5, 5.41) is 2.36. The van der Waals surface area contributed by atoms with Crippen molar-refractivity contribution in [1.29, 1.82) is 0 Å². The second-order valence-electron chi connectivity index (χ2n) is 8.72. The normalized spacial score (nSPS) is 16.2. The first-order valence-electron chi connectivity index (χ1n) is 11.2. The minimum atomic E-state index is -0.851. The zero-order valence-corrected chi connectivity index (χ0v) is 19.9. The number of ketones is 1. The lowest BCUT2D eigenvalue weighted by Crippen LogP contribution is -2.45. The molecule has 2 aliphatic carbocycles. The zero-order chi connectivity index (χ0) is 24.9. The third kappa shape index (κ3) is 3.86. The quantitative estimate of drug-likeness (QED) is 0.503. The van der Waals surface area contributed by atoms with Gasteiger partial charge in [0, 0.05) is 30.7 Å². The molecule has 0 aliphatic heterocycles. The second-order valence-corrected chi connectivity index (χ2v) is 9.10. The highest BCUT2D eigenvalue weighted by molar-refractivity contribution is 6.32. The Labute approximate surface area is 206 Å². The van der Waals surface area contributed by atoms with Crippen LogP contribution in [0, 0.1) is 5.82 Å². The van der Waals surface area contributed by atoms with Gasteiger partial charge in [-0.1, -0.05) is 60.1 Å². The maximum absolute atomic E-state index is 14.3. The van der Waals surface area contributed by atoms with Gasteiger partial charge < -0.3 is 15.0 Å². The number of Topliss-reactive ketones (excluding diaryl/α,β-unsaturated/α-hetero) is 1. The molecule has 8 heteroatoms. The van der Waals surface area contributed by atoms with Crippen molar-refractivity contribution in [2.45, 2.75) is 31.9 Å². The van der Waals surface area contributed by atoms with Gasteiger partial charge in [-0.2, -0.15) is 0 Å². The molecule has 0 heterocycles. The highest BCUT2D eigenvalue weighted by atomic mass is 35.5. The average Bonchev–Trinajstić information content (AvgIpc) is 3.15. The monoisotopic (exact) mass is 492 g/mol. The fraction of sp³-hybridized carbons (Fsp3) is 0.222. The molecule has 3 aromatic carbocycles. The fourth-order valence-corrected chi connectivity index (χ4v) is 5.22. The lowest BCUT2D eigenvalue weighted by molar-refractivity contribution is -0.114. The summed E-state index contributed by atoms with van der Waals surface area (Å²) < 4.78 is 20.3. The summed E-state index contributed by atoms with van der Waals surface area (Å²) in [5.74, 6) is -1.59. The first-order chi connectivity index (χ1) is 16.8. The molecular formula is C27H22ClFN2O4. The Morgan fingerprint density at radius 3 is 2.29 bits per heavy atom. The van der Waals surface area contributed by atoms with Crippen molar-refractivity contribution in [2.75, 3.05) is 12.4 Å². The van der Waals surface area contributed by atoms with Gasteiger partial charge >= 0.3 is 6.09 Å². The van der Waals surface area contributed by atoms with Gasteiger partial charge in [0.25, 0.3) is 0 Å². The molecule has 1 N–H and O–H groups in total. The number of halogens is 2. The van der Waals surface area contributed by atoms with Gasteiger partial charge in [-0.05, 0) is 35.6 Å². The largest absolute Gasteiger partial charge is 0.436 e. The van der Waals surface area contributed by atoms with E-state index in [4.69, 9.17) is 16.3 Å². The van der Waals surface area contributed by atoms with E-state index in [1.165, 1.54) is 18.9 Å². The Balaban J connectivity index is 1.43. The van der Waals surface area contributed by atoms with Crippen molar-refractivity contribution in [3.63, 3.8) is 0 Å². The van der Waals surface area contributed by atoms with Gasteiger partial charge in [0.15, 0.2) is 11.9 Å². The first kappa shape index (κ1) is 23.1. The summed E-state index contributed by atoms with van der Waals surface area (Å²) in [6.45, 7) is 1.27. The lowest BCUT2D eigenvalue weighted by atomic mass is 9.85. The molecule has 0 fully saturated rings. The van der Waals surface area contributed by atoms with Crippen LogP contribution in [0.5, 0.6) is 0 Å². The number of anilines is 1. The van der Waals surface area contributed by atoms with E-state index in [-0.39, 0.29) is 29.1 Å². The van der Waals surface area contributed by atoms with Crippen LogP contribution in [0.2, 0.25) is 5.02 Å². The molecule has 1 atom stereocenters. The number of ether oxygens (including phenoxy) is 1. The van der Waals surface area contributed by atoms with Crippen molar-refractivity contribution in [3.05, 3.63) is 87.7 Å². The Hall–Kier alpha value is -3.71. The SMILES string of the molecule is CC(=O)Nc1cc(F)c(Cl)c2c1C(=O)C(N(C)C(=O)OC1c3ccccc3-c3ccccc31)CC2. The molecule has 2 amide bonds. The van der Waals surface area contributed by atoms with E-state index in [0.717, 1.165) is 28.3 Å². The highest BCUT2D eigenvalue weighted by Crippen LogP contribution is 2.45. The van der Waals surface area contributed by atoms with E-state index in [1.54, 1.807) is 0 Å². The molecule has 0 bridgehead atoms. The molecule has 0 radical (unpaired) electrons. The number of carbonyl (C=O) groups excluding carboxylic acids is 3. The van der Waals surface area contributed by atoms with Gasteiger partial charge in [0.05, 0.1) is 16.8 Å². The van der Waals surface area contributed by atoms with Gasteiger partial charge in [-0.3, -0.25) is 9.59 Å². The van der Waals surface area contributed by atoms with Gasteiger partial charge in [0.1, 0.15) is 5.82 Å². The van der Waals surface area contributed by atoms with Crippen LogP contribution < -0.4 is 5.32 Å². The predicted molar refractivity (Wildman–Crippen MR) is 130 cm³/mol. The van der Waals surface area contributed by atoms with E-state index in [1.807, 2.05) is 48.5 Å². The molecule has 6 nitrogen and oxygen atoms in total. The average molecular weight is 493 g/mol. The number of rotatable bonds is 3. The number of hydrogen-bond donors (Lipinski definition) is 1. The van der Waals surface area contributed by atoms with Crippen molar-refractivity contribution < 1.29 is 23.5 Å². The number of nitrogens with one attached hydrogen (secondary N) is 1. The zero-order valence-electron chi connectivity index (χ0n) is 19.1. The molecule has 1 unspecified atom stereocenters. The molecule has 2 aliphatic rings. The van der Waals surface area contributed by atoms with Gasteiger partial charge in [0.2, 0.25) is 5.91 Å². The van der Waals surface area contributed by atoms with Crippen LogP contribution in [-0.4, -0.2) is 35.8 Å². The summed E-state index contributed by atoms with van der Waals surface area (Å²) in [5.41, 5.74) is 4.27. The topological polar surface area (TPSA) is 75.7 Å². The minimum absolute atomic E-state index is 0.0458. The number of fused-ring (bicyclic) bond motifs is 4.